The summed E-state index contributed by atoms with van der Waals surface area (Å²) in [7, 11) is 1.48. The number of para-hydroxylation sites is 1. The molecule has 1 aromatic carbocycles. The van der Waals surface area contributed by atoms with E-state index in [-0.39, 0.29) is 24.8 Å². The molecule has 130 valence electrons. The van der Waals surface area contributed by atoms with Crippen LogP contribution in [0.25, 0.3) is 0 Å². The molecule has 6 heteroatoms. The van der Waals surface area contributed by atoms with Gasteiger partial charge in [-0.15, -0.1) is 0 Å². The molecule has 2 amide bonds. The SMILES string of the molecule is CCC(C)c1ccccc1N1CC(C(=O)OCC(=O)NC)CC1=O. The second-order valence-corrected chi connectivity index (χ2v) is 6.05. The second kappa shape index (κ2) is 7.95. The van der Waals surface area contributed by atoms with Crippen molar-refractivity contribution in [1.82, 2.24) is 5.32 Å². The van der Waals surface area contributed by atoms with Gasteiger partial charge in [-0.2, -0.15) is 0 Å². The van der Waals surface area contributed by atoms with Crippen LogP contribution < -0.4 is 10.2 Å². The average molecular weight is 332 g/mol. The Kier molecular flexibility index (Phi) is 5.95. The third-order valence-electron chi connectivity index (χ3n) is 4.45. The van der Waals surface area contributed by atoms with Crippen LogP contribution in [-0.2, 0) is 19.1 Å². The standard InChI is InChI=1S/C18H24N2O4/c1-4-12(2)14-7-5-6-8-15(14)20-10-13(9-17(20)22)18(23)24-11-16(21)19-3/h5-8,12-13H,4,9-11H2,1-3H3,(H,19,21). The van der Waals surface area contributed by atoms with Crippen molar-refractivity contribution in [2.45, 2.75) is 32.6 Å². The second-order valence-electron chi connectivity index (χ2n) is 6.05. The van der Waals surface area contributed by atoms with E-state index in [1.165, 1.54) is 7.05 Å². The number of hydrogen-bond acceptors (Lipinski definition) is 4. The smallest absolute Gasteiger partial charge is 0.311 e. The van der Waals surface area contributed by atoms with E-state index in [2.05, 4.69) is 19.2 Å². The molecule has 0 aliphatic carbocycles. The van der Waals surface area contributed by atoms with E-state index < -0.39 is 11.9 Å². The predicted molar refractivity (Wildman–Crippen MR) is 90.6 cm³/mol. The van der Waals surface area contributed by atoms with Gasteiger partial charge in [0.2, 0.25) is 5.91 Å². The minimum atomic E-state index is -0.535. The van der Waals surface area contributed by atoms with Gasteiger partial charge >= 0.3 is 5.97 Å². The van der Waals surface area contributed by atoms with Crippen LogP contribution in [0.2, 0.25) is 0 Å². The van der Waals surface area contributed by atoms with Crippen molar-refractivity contribution in [2.24, 2.45) is 5.92 Å². The normalized spacial score (nSPS) is 18.4. The highest BCUT2D eigenvalue weighted by atomic mass is 16.5. The van der Waals surface area contributed by atoms with Crippen LogP contribution in [0.4, 0.5) is 5.69 Å². The predicted octanol–water partition coefficient (Wildman–Crippen LogP) is 1.84. The van der Waals surface area contributed by atoms with Gasteiger partial charge in [0.25, 0.3) is 5.91 Å². The summed E-state index contributed by atoms with van der Waals surface area (Å²) >= 11 is 0. The number of carbonyl (C=O) groups excluding carboxylic acids is 3. The average Bonchev–Trinajstić information content (AvgIpc) is 3.00. The molecule has 1 fully saturated rings. The highest BCUT2D eigenvalue weighted by Crippen LogP contribution is 2.33. The van der Waals surface area contributed by atoms with Crippen molar-refractivity contribution in [3.8, 4) is 0 Å². The fraction of sp³-hybridized carbons (Fsp3) is 0.500. The molecular formula is C18H24N2O4. The van der Waals surface area contributed by atoms with Gasteiger partial charge in [0, 0.05) is 25.7 Å². The molecule has 0 bridgehead atoms. The molecule has 0 aromatic heterocycles. The monoisotopic (exact) mass is 332 g/mol. The minimum absolute atomic E-state index is 0.0901. The molecule has 2 unspecified atom stereocenters. The summed E-state index contributed by atoms with van der Waals surface area (Å²) in [5.41, 5.74) is 1.96. The number of hydrogen-bond donors (Lipinski definition) is 1. The van der Waals surface area contributed by atoms with E-state index in [0.717, 1.165) is 17.7 Å². The first-order chi connectivity index (χ1) is 11.5. The molecule has 1 aliphatic heterocycles. The largest absolute Gasteiger partial charge is 0.455 e. The molecule has 1 N–H and O–H groups in total. The van der Waals surface area contributed by atoms with Crippen LogP contribution in [0.1, 0.15) is 38.2 Å². The van der Waals surface area contributed by atoms with Gasteiger partial charge in [-0.1, -0.05) is 32.0 Å². The molecule has 24 heavy (non-hydrogen) atoms. The number of ether oxygens (including phenoxy) is 1. The van der Waals surface area contributed by atoms with Gasteiger partial charge < -0.3 is 15.0 Å². The summed E-state index contributed by atoms with van der Waals surface area (Å²) in [6, 6.07) is 7.79. The van der Waals surface area contributed by atoms with Crippen LogP contribution in [0.5, 0.6) is 0 Å². The number of rotatable bonds is 6. The zero-order chi connectivity index (χ0) is 17.7. The Hall–Kier alpha value is -2.37. The third kappa shape index (κ3) is 3.93. The lowest BCUT2D eigenvalue weighted by atomic mass is 9.96. The van der Waals surface area contributed by atoms with Gasteiger partial charge in [-0.3, -0.25) is 14.4 Å². The molecule has 0 saturated carbocycles. The fourth-order valence-corrected chi connectivity index (χ4v) is 2.79. The van der Waals surface area contributed by atoms with E-state index in [1.54, 1.807) is 4.90 Å². The maximum Gasteiger partial charge on any atom is 0.311 e. The number of amides is 2. The Balaban J connectivity index is 2.10. The van der Waals surface area contributed by atoms with Crippen LogP contribution in [0.3, 0.4) is 0 Å². The number of nitrogens with one attached hydrogen (secondary N) is 1. The van der Waals surface area contributed by atoms with Crippen molar-refractivity contribution >= 4 is 23.5 Å². The Bertz CT molecular complexity index is 629. The van der Waals surface area contributed by atoms with Crippen molar-refractivity contribution < 1.29 is 19.1 Å². The summed E-state index contributed by atoms with van der Waals surface area (Å²) in [5.74, 6) is -1.17. The fourth-order valence-electron chi connectivity index (χ4n) is 2.79. The molecule has 1 aliphatic rings. The molecule has 1 aromatic rings. The zero-order valence-corrected chi connectivity index (χ0v) is 14.4. The Labute approximate surface area is 142 Å². The lowest BCUT2D eigenvalue weighted by Crippen LogP contribution is -2.30. The molecule has 2 atom stereocenters. The molecule has 0 spiro atoms. The minimum Gasteiger partial charge on any atom is -0.455 e. The zero-order valence-electron chi connectivity index (χ0n) is 14.4. The van der Waals surface area contributed by atoms with Crippen LogP contribution in [-0.4, -0.2) is 38.0 Å². The Morgan fingerprint density at radius 3 is 2.75 bits per heavy atom. The number of carbonyl (C=O) groups is 3. The number of benzene rings is 1. The van der Waals surface area contributed by atoms with Crippen LogP contribution in [0.15, 0.2) is 24.3 Å². The number of likely N-dealkylation sites (N-methyl/N-ethyl adjacent to an activating group) is 1. The first kappa shape index (κ1) is 18.0. The lowest BCUT2D eigenvalue weighted by Gasteiger charge is -2.23. The van der Waals surface area contributed by atoms with Crippen molar-refractivity contribution in [3.05, 3.63) is 29.8 Å². The highest BCUT2D eigenvalue weighted by Gasteiger charge is 2.37. The maximum absolute atomic E-state index is 12.4. The van der Waals surface area contributed by atoms with E-state index in [9.17, 15) is 14.4 Å². The number of esters is 1. The topological polar surface area (TPSA) is 75.7 Å². The van der Waals surface area contributed by atoms with Gasteiger partial charge in [-0.25, -0.2) is 0 Å². The van der Waals surface area contributed by atoms with E-state index in [1.807, 2.05) is 24.3 Å². The van der Waals surface area contributed by atoms with Crippen molar-refractivity contribution in [2.75, 3.05) is 25.1 Å². The molecule has 1 heterocycles. The molecular weight excluding hydrogens is 308 g/mol. The van der Waals surface area contributed by atoms with Crippen LogP contribution in [0, 0.1) is 5.92 Å². The molecule has 6 nitrogen and oxygen atoms in total. The first-order valence-corrected chi connectivity index (χ1v) is 8.24. The van der Waals surface area contributed by atoms with Gasteiger partial charge in [0.1, 0.15) is 0 Å². The van der Waals surface area contributed by atoms with Crippen LogP contribution >= 0.6 is 0 Å². The lowest BCUT2D eigenvalue weighted by molar-refractivity contribution is -0.152. The van der Waals surface area contributed by atoms with Gasteiger partial charge in [0.15, 0.2) is 6.61 Å². The van der Waals surface area contributed by atoms with E-state index in [0.29, 0.717) is 12.5 Å². The van der Waals surface area contributed by atoms with Gasteiger partial charge in [-0.05, 0) is 24.0 Å². The Morgan fingerprint density at radius 1 is 1.38 bits per heavy atom. The summed E-state index contributed by atoms with van der Waals surface area (Å²) < 4.78 is 4.98. The van der Waals surface area contributed by atoms with Crippen molar-refractivity contribution in [1.29, 1.82) is 0 Å². The summed E-state index contributed by atoms with van der Waals surface area (Å²) in [5, 5.41) is 2.39. The highest BCUT2D eigenvalue weighted by molar-refractivity contribution is 6.00. The quantitative estimate of drug-likeness (QED) is 0.807. The van der Waals surface area contributed by atoms with Gasteiger partial charge in [0.05, 0.1) is 5.92 Å². The number of nitrogens with zero attached hydrogens (tertiary/aromatic N) is 1. The van der Waals surface area contributed by atoms with E-state index in [4.69, 9.17) is 4.74 Å². The first-order valence-electron chi connectivity index (χ1n) is 8.24. The summed E-state index contributed by atoms with van der Waals surface area (Å²) in [4.78, 5) is 37.3. The Morgan fingerprint density at radius 2 is 2.08 bits per heavy atom. The summed E-state index contributed by atoms with van der Waals surface area (Å²) in [6.07, 6.45) is 1.08. The maximum atomic E-state index is 12.4. The third-order valence-corrected chi connectivity index (χ3v) is 4.45. The number of anilines is 1. The van der Waals surface area contributed by atoms with E-state index >= 15 is 0 Å². The molecule has 1 saturated heterocycles. The molecule has 2 rings (SSSR count). The molecule has 0 radical (unpaired) electrons. The summed E-state index contributed by atoms with van der Waals surface area (Å²) in [6.45, 7) is 4.20. The van der Waals surface area contributed by atoms with Crippen molar-refractivity contribution in [3.63, 3.8) is 0 Å².